The Morgan fingerprint density at radius 1 is 1.75 bits per heavy atom. The molecule has 0 N–H and O–H groups in total. The molecule has 12 heavy (non-hydrogen) atoms. The van der Waals surface area contributed by atoms with Crippen LogP contribution < -0.4 is 0 Å². The summed E-state index contributed by atoms with van der Waals surface area (Å²) >= 11 is 0. The lowest BCUT2D eigenvalue weighted by molar-refractivity contribution is 0.150. The largest absolute Gasteiger partial charge is 0.268 e. The lowest BCUT2D eigenvalue weighted by atomic mass is 10.3. The quantitative estimate of drug-likeness (QED) is 0.675. The summed E-state index contributed by atoms with van der Waals surface area (Å²) in [5.74, 6) is 0. The third-order valence-electron chi connectivity index (χ3n) is 1.43. The number of hydrogen-bond acceptors (Lipinski definition) is 2. The van der Waals surface area contributed by atoms with Crippen LogP contribution in [0, 0.1) is 17.5 Å². The van der Waals surface area contributed by atoms with E-state index in [0.717, 1.165) is 0 Å². The van der Waals surface area contributed by atoms with Crippen molar-refractivity contribution >= 4 is 0 Å². The molecule has 0 aliphatic rings. The molecule has 5 heteroatoms. The predicted molar refractivity (Wildman–Crippen MR) is 36.4 cm³/mol. The van der Waals surface area contributed by atoms with Crippen molar-refractivity contribution < 1.29 is 8.78 Å². The third kappa shape index (κ3) is 1.28. The Balaban J connectivity index is 3.16. The van der Waals surface area contributed by atoms with Gasteiger partial charge < -0.3 is 0 Å². The van der Waals surface area contributed by atoms with Crippen LogP contribution in [0.5, 0.6) is 0 Å². The second-order valence-corrected chi connectivity index (χ2v) is 2.10. The van der Waals surface area contributed by atoms with Gasteiger partial charge in [-0.3, -0.25) is 4.68 Å². The van der Waals surface area contributed by atoms with E-state index in [0.29, 0.717) is 6.54 Å². The van der Waals surface area contributed by atoms with Gasteiger partial charge in [0.25, 0.3) is 6.43 Å². The highest BCUT2D eigenvalue weighted by molar-refractivity contribution is 5.30. The molecule has 63 valence electrons. The number of alkyl halides is 2. The van der Waals surface area contributed by atoms with Crippen LogP contribution in [-0.4, -0.2) is 9.78 Å². The first kappa shape index (κ1) is 8.65. The summed E-state index contributed by atoms with van der Waals surface area (Å²) in [5, 5.41) is 12.0. The van der Waals surface area contributed by atoms with E-state index in [1.165, 1.54) is 4.68 Å². The maximum absolute atomic E-state index is 12.1. The molecule has 0 unspecified atom stereocenters. The fraction of sp³-hybridized carbons (Fsp3) is 0.429. The molecule has 3 nitrogen and oxygen atoms in total. The van der Waals surface area contributed by atoms with Gasteiger partial charge in [-0.15, -0.1) is 0 Å². The van der Waals surface area contributed by atoms with Gasteiger partial charge in [0.05, 0.1) is 5.56 Å². The molecule has 0 bridgehead atoms. The molecule has 0 aromatic carbocycles. The van der Waals surface area contributed by atoms with Crippen molar-refractivity contribution in [1.29, 1.82) is 5.26 Å². The van der Waals surface area contributed by atoms with Gasteiger partial charge in [-0.2, -0.15) is 10.4 Å². The number of nitrogens with zero attached hydrogens (tertiary/aromatic N) is 3. The van der Waals surface area contributed by atoms with Crippen molar-refractivity contribution in [1.82, 2.24) is 9.78 Å². The molecule has 0 saturated carbocycles. The zero-order valence-corrected chi connectivity index (χ0v) is 6.38. The van der Waals surface area contributed by atoms with E-state index in [9.17, 15) is 8.78 Å². The topological polar surface area (TPSA) is 41.6 Å². The summed E-state index contributed by atoms with van der Waals surface area (Å²) in [7, 11) is 0. The van der Waals surface area contributed by atoms with Gasteiger partial charge >= 0.3 is 0 Å². The maximum atomic E-state index is 12.1. The smallest absolute Gasteiger partial charge is 0.254 e. The zero-order valence-electron chi connectivity index (χ0n) is 6.38. The second-order valence-electron chi connectivity index (χ2n) is 2.10. The Hall–Kier alpha value is -1.44. The Kier molecular flexibility index (Phi) is 2.38. The summed E-state index contributed by atoms with van der Waals surface area (Å²) in [6.07, 6.45) is -0.564. The summed E-state index contributed by atoms with van der Waals surface area (Å²) in [4.78, 5) is 0. The number of aromatic nitrogens is 2. The van der Waals surface area contributed by atoms with Crippen LogP contribution in [0.4, 0.5) is 8.78 Å². The van der Waals surface area contributed by atoms with E-state index in [2.05, 4.69) is 11.3 Å². The molecule has 0 saturated heterocycles. The molecule has 0 aliphatic heterocycles. The highest BCUT2D eigenvalue weighted by atomic mass is 19.3. The molecule has 0 fully saturated rings. The lowest BCUT2D eigenvalue weighted by Crippen LogP contribution is -2.00. The first-order chi connectivity index (χ1) is 5.70. The van der Waals surface area contributed by atoms with Crippen LogP contribution in [-0.2, 0) is 6.54 Å². The van der Waals surface area contributed by atoms with E-state index >= 15 is 0 Å². The van der Waals surface area contributed by atoms with Gasteiger partial charge in [0.2, 0.25) is 0 Å². The van der Waals surface area contributed by atoms with Crippen LogP contribution in [0.25, 0.3) is 0 Å². The molecule has 1 heterocycles. The molecule has 1 aromatic heterocycles. The first-order valence-electron chi connectivity index (χ1n) is 3.37. The minimum atomic E-state index is -2.68. The normalized spacial score (nSPS) is 10.2. The number of nitriles is 1. The maximum Gasteiger partial charge on any atom is 0.268 e. The minimum Gasteiger partial charge on any atom is -0.254 e. The van der Waals surface area contributed by atoms with E-state index in [1.807, 2.05) is 0 Å². The Bertz CT molecular complexity index is 311. The Labute approximate surface area is 68.2 Å². The van der Waals surface area contributed by atoms with Crippen molar-refractivity contribution in [3.05, 3.63) is 17.5 Å². The van der Waals surface area contributed by atoms with Crippen LogP contribution in [0.1, 0.15) is 24.6 Å². The molecule has 0 atom stereocenters. The number of rotatable bonds is 2. The highest BCUT2D eigenvalue weighted by Crippen LogP contribution is 2.21. The van der Waals surface area contributed by atoms with Gasteiger partial charge in [-0.25, -0.2) is 8.78 Å². The van der Waals surface area contributed by atoms with Crippen molar-refractivity contribution in [3.8, 4) is 6.07 Å². The van der Waals surface area contributed by atoms with E-state index < -0.39 is 12.0 Å². The fourth-order valence-corrected chi connectivity index (χ4v) is 0.855. The van der Waals surface area contributed by atoms with Crippen LogP contribution in [0.15, 0.2) is 0 Å². The fourth-order valence-electron chi connectivity index (χ4n) is 0.855. The van der Waals surface area contributed by atoms with E-state index in [-0.39, 0.29) is 5.69 Å². The molecule has 1 aromatic rings. The SMILES string of the molecule is CCn1n[c]c(C(F)F)c1C#N. The summed E-state index contributed by atoms with van der Waals surface area (Å²) < 4.78 is 25.5. The van der Waals surface area contributed by atoms with Crippen molar-refractivity contribution in [3.63, 3.8) is 0 Å². The zero-order chi connectivity index (χ0) is 9.14. The summed E-state index contributed by atoms with van der Waals surface area (Å²) in [5.41, 5.74) is -0.521. The first-order valence-corrected chi connectivity index (χ1v) is 3.37. The second kappa shape index (κ2) is 3.30. The monoisotopic (exact) mass is 170 g/mol. The Morgan fingerprint density at radius 3 is 2.83 bits per heavy atom. The van der Waals surface area contributed by atoms with Gasteiger partial charge in [-0.05, 0) is 6.92 Å². The summed E-state index contributed by atoms with van der Waals surface area (Å²) in [6, 6.07) is 1.67. The van der Waals surface area contributed by atoms with Gasteiger partial charge in [0.15, 0.2) is 0 Å². The van der Waals surface area contributed by atoms with E-state index in [1.54, 1.807) is 13.0 Å². The van der Waals surface area contributed by atoms with Crippen LogP contribution in [0.3, 0.4) is 0 Å². The third-order valence-corrected chi connectivity index (χ3v) is 1.43. The van der Waals surface area contributed by atoms with Gasteiger partial charge in [0, 0.05) is 6.54 Å². The van der Waals surface area contributed by atoms with E-state index in [4.69, 9.17) is 5.26 Å². The van der Waals surface area contributed by atoms with Crippen molar-refractivity contribution in [2.24, 2.45) is 0 Å². The van der Waals surface area contributed by atoms with Crippen LogP contribution in [0.2, 0.25) is 0 Å². The number of aryl methyl sites for hydroxylation is 1. The average molecular weight is 170 g/mol. The lowest BCUT2D eigenvalue weighted by Gasteiger charge is -1.97. The molecule has 0 amide bonds. The van der Waals surface area contributed by atoms with Crippen molar-refractivity contribution in [2.45, 2.75) is 19.9 Å². The van der Waals surface area contributed by atoms with Crippen LogP contribution >= 0.6 is 0 Å². The summed E-state index contributed by atoms with van der Waals surface area (Å²) in [6.45, 7) is 2.11. The molecule has 0 spiro atoms. The van der Waals surface area contributed by atoms with Gasteiger partial charge in [-0.1, -0.05) is 0 Å². The predicted octanol–water partition coefficient (Wildman–Crippen LogP) is 1.51. The van der Waals surface area contributed by atoms with Crippen molar-refractivity contribution in [2.75, 3.05) is 0 Å². The number of halogens is 2. The molecular formula is C7H6F2N3. The molecule has 1 rings (SSSR count). The molecular weight excluding hydrogens is 164 g/mol. The number of hydrogen-bond donors (Lipinski definition) is 0. The molecule has 1 radical (unpaired) electrons. The standard InChI is InChI=1S/C7H6F2N3/c1-2-12-6(3-10)5(4-11-12)7(8)9/h7H,2H2,1H3. The Morgan fingerprint density at radius 2 is 2.42 bits per heavy atom. The average Bonchev–Trinajstić information content (AvgIpc) is 2.46. The molecule has 0 aliphatic carbocycles. The van der Waals surface area contributed by atoms with Gasteiger partial charge in [0.1, 0.15) is 18.0 Å². The minimum absolute atomic E-state index is 0.104. The highest BCUT2D eigenvalue weighted by Gasteiger charge is 2.18.